The number of anilines is 3. The summed E-state index contributed by atoms with van der Waals surface area (Å²) in [4.78, 5) is 44.3. The van der Waals surface area contributed by atoms with Crippen molar-refractivity contribution in [3.05, 3.63) is 59.7 Å². The normalized spacial score (nSPS) is 16.8. The molecule has 2 aliphatic heterocycles. The number of hydrogen-bond acceptors (Lipinski definition) is 8. The predicted molar refractivity (Wildman–Crippen MR) is 136 cm³/mol. The predicted octanol–water partition coefficient (Wildman–Crippen LogP) is 1.72. The van der Waals surface area contributed by atoms with Gasteiger partial charge in [-0.3, -0.25) is 14.2 Å². The minimum atomic E-state index is -0.0984. The van der Waals surface area contributed by atoms with Gasteiger partial charge >= 0.3 is 0 Å². The number of rotatable bonds is 7. The van der Waals surface area contributed by atoms with Crippen LogP contribution in [0.3, 0.4) is 0 Å². The SMILES string of the molecule is C=CC(=O)N1CC(CCn2c(=O)ccc3cnc(Nc4ccc(N5CCN(C)CC5)nc4)nc32)C1. The van der Waals surface area contributed by atoms with Crippen molar-refractivity contribution in [2.75, 3.05) is 56.5 Å². The second-order valence-electron chi connectivity index (χ2n) is 9.22. The van der Waals surface area contributed by atoms with E-state index in [2.05, 4.69) is 43.7 Å². The third kappa shape index (κ3) is 5.02. The second kappa shape index (κ2) is 9.83. The molecule has 10 nitrogen and oxygen atoms in total. The largest absolute Gasteiger partial charge is 0.354 e. The van der Waals surface area contributed by atoms with Crippen molar-refractivity contribution < 1.29 is 4.79 Å². The van der Waals surface area contributed by atoms with Crippen LogP contribution in [0.15, 0.2) is 54.1 Å². The van der Waals surface area contributed by atoms with Crippen LogP contribution in [0, 0.1) is 5.92 Å². The molecule has 0 radical (unpaired) electrons. The Labute approximate surface area is 203 Å². The van der Waals surface area contributed by atoms with E-state index >= 15 is 0 Å². The van der Waals surface area contributed by atoms with E-state index in [9.17, 15) is 9.59 Å². The van der Waals surface area contributed by atoms with E-state index in [-0.39, 0.29) is 11.5 Å². The number of hydrogen-bond donors (Lipinski definition) is 1. The summed E-state index contributed by atoms with van der Waals surface area (Å²) >= 11 is 0. The molecule has 0 aromatic carbocycles. The molecule has 5 rings (SSSR count). The third-order valence-corrected chi connectivity index (χ3v) is 6.76. The number of fused-ring (bicyclic) bond motifs is 1. The lowest BCUT2D eigenvalue weighted by atomic mass is 9.96. The molecule has 0 bridgehead atoms. The van der Waals surface area contributed by atoms with Crippen LogP contribution in [0.25, 0.3) is 11.0 Å². The van der Waals surface area contributed by atoms with Crippen LogP contribution in [-0.2, 0) is 11.3 Å². The molecule has 3 aromatic rings. The number of carbonyl (C=O) groups is 1. The summed E-state index contributed by atoms with van der Waals surface area (Å²) in [6.45, 7) is 9.44. The number of amides is 1. The molecule has 35 heavy (non-hydrogen) atoms. The Morgan fingerprint density at radius 1 is 1.11 bits per heavy atom. The maximum atomic E-state index is 12.6. The molecule has 1 amide bonds. The second-order valence-corrected chi connectivity index (χ2v) is 9.22. The number of pyridine rings is 2. The molecule has 1 N–H and O–H groups in total. The van der Waals surface area contributed by atoms with Crippen LogP contribution in [0.5, 0.6) is 0 Å². The molecule has 2 saturated heterocycles. The zero-order chi connectivity index (χ0) is 24.4. The topological polar surface area (TPSA) is 99.5 Å². The minimum absolute atomic E-state index is 0.0434. The Morgan fingerprint density at radius 2 is 1.91 bits per heavy atom. The van der Waals surface area contributed by atoms with Gasteiger partial charge < -0.3 is 20.0 Å². The van der Waals surface area contributed by atoms with E-state index in [1.807, 2.05) is 12.1 Å². The van der Waals surface area contributed by atoms with Gasteiger partial charge in [-0.05, 0) is 43.7 Å². The third-order valence-electron chi connectivity index (χ3n) is 6.76. The monoisotopic (exact) mass is 474 g/mol. The first kappa shape index (κ1) is 23.0. The van der Waals surface area contributed by atoms with Crippen LogP contribution in [0.4, 0.5) is 17.5 Å². The van der Waals surface area contributed by atoms with E-state index in [1.165, 1.54) is 6.08 Å². The summed E-state index contributed by atoms with van der Waals surface area (Å²) in [7, 11) is 2.13. The first-order valence-electron chi connectivity index (χ1n) is 11.9. The number of nitrogens with one attached hydrogen (secondary N) is 1. The van der Waals surface area contributed by atoms with Gasteiger partial charge in [0.05, 0.1) is 11.9 Å². The van der Waals surface area contributed by atoms with Crippen LogP contribution < -0.4 is 15.8 Å². The van der Waals surface area contributed by atoms with Crippen LogP contribution in [-0.4, -0.2) is 81.5 Å². The Kier molecular flexibility index (Phi) is 6.45. The lowest BCUT2D eigenvalue weighted by molar-refractivity contribution is -0.132. The zero-order valence-electron chi connectivity index (χ0n) is 19.9. The highest BCUT2D eigenvalue weighted by atomic mass is 16.2. The van der Waals surface area contributed by atoms with E-state index in [0.717, 1.165) is 49.5 Å². The zero-order valence-corrected chi connectivity index (χ0v) is 19.9. The summed E-state index contributed by atoms with van der Waals surface area (Å²) in [5.74, 6) is 1.70. The van der Waals surface area contributed by atoms with Crippen molar-refractivity contribution in [1.29, 1.82) is 0 Å². The highest BCUT2D eigenvalue weighted by Crippen LogP contribution is 2.22. The first-order valence-corrected chi connectivity index (χ1v) is 11.9. The maximum absolute atomic E-state index is 12.6. The van der Waals surface area contributed by atoms with E-state index in [1.54, 1.807) is 34.0 Å². The van der Waals surface area contributed by atoms with Gasteiger partial charge in [0.25, 0.3) is 5.56 Å². The summed E-state index contributed by atoms with van der Waals surface area (Å²) in [5, 5.41) is 4.01. The van der Waals surface area contributed by atoms with Gasteiger partial charge in [-0.15, -0.1) is 0 Å². The van der Waals surface area contributed by atoms with Crippen molar-refractivity contribution in [3.63, 3.8) is 0 Å². The average Bonchev–Trinajstić information content (AvgIpc) is 2.85. The van der Waals surface area contributed by atoms with Crippen molar-refractivity contribution in [2.24, 2.45) is 5.92 Å². The van der Waals surface area contributed by atoms with Gasteiger partial charge in [-0.25, -0.2) is 9.97 Å². The van der Waals surface area contributed by atoms with Crippen molar-refractivity contribution >= 4 is 34.4 Å². The average molecular weight is 475 g/mol. The van der Waals surface area contributed by atoms with Gasteiger partial charge in [-0.2, -0.15) is 4.98 Å². The van der Waals surface area contributed by atoms with E-state index in [0.29, 0.717) is 37.1 Å². The summed E-state index contributed by atoms with van der Waals surface area (Å²) in [6.07, 6.45) is 5.64. The number of aromatic nitrogens is 4. The molecule has 5 heterocycles. The fraction of sp³-hybridized carbons (Fsp3) is 0.400. The molecule has 3 aromatic heterocycles. The lowest BCUT2D eigenvalue weighted by Crippen LogP contribution is -2.49. The molecular weight excluding hydrogens is 444 g/mol. The molecule has 182 valence electrons. The minimum Gasteiger partial charge on any atom is -0.354 e. The number of likely N-dealkylation sites (tertiary alicyclic amines) is 1. The number of piperazine rings is 1. The number of aryl methyl sites for hydroxylation is 1. The first-order chi connectivity index (χ1) is 17.0. The fourth-order valence-corrected chi connectivity index (χ4v) is 4.53. The molecule has 2 fully saturated rings. The van der Waals surface area contributed by atoms with E-state index < -0.39 is 0 Å². The Morgan fingerprint density at radius 3 is 2.63 bits per heavy atom. The van der Waals surface area contributed by atoms with Crippen molar-refractivity contribution in [2.45, 2.75) is 13.0 Å². The standard InChI is InChI=1S/C25H30N8O2/c1-3-22(34)32-16-18(17-32)8-9-33-23(35)7-4-19-14-27-25(29-24(19)33)28-20-5-6-21(26-15-20)31-12-10-30(2)11-13-31/h3-7,14-15,18H,1,8-13,16-17H2,2H3,(H,27,28,29). The van der Waals surface area contributed by atoms with Gasteiger partial charge in [0.15, 0.2) is 0 Å². The number of nitrogens with zero attached hydrogens (tertiary/aromatic N) is 7. The summed E-state index contributed by atoms with van der Waals surface area (Å²) in [6, 6.07) is 7.27. The van der Waals surface area contributed by atoms with E-state index in [4.69, 9.17) is 0 Å². The maximum Gasteiger partial charge on any atom is 0.252 e. The van der Waals surface area contributed by atoms with Crippen LogP contribution in [0.2, 0.25) is 0 Å². The van der Waals surface area contributed by atoms with Crippen LogP contribution >= 0.6 is 0 Å². The van der Waals surface area contributed by atoms with Crippen molar-refractivity contribution in [3.8, 4) is 0 Å². The summed E-state index contributed by atoms with van der Waals surface area (Å²) in [5.41, 5.74) is 1.28. The molecule has 0 spiro atoms. The lowest BCUT2D eigenvalue weighted by Gasteiger charge is -2.38. The number of likely N-dealkylation sites (N-methyl/N-ethyl adjacent to an activating group) is 1. The van der Waals surface area contributed by atoms with Gasteiger partial charge in [0.2, 0.25) is 11.9 Å². The van der Waals surface area contributed by atoms with Crippen molar-refractivity contribution in [1.82, 2.24) is 29.3 Å². The smallest absolute Gasteiger partial charge is 0.252 e. The fourth-order valence-electron chi connectivity index (χ4n) is 4.53. The molecule has 0 aliphatic carbocycles. The quantitative estimate of drug-likeness (QED) is 0.517. The molecular formula is C25H30N8O2. The Hall–Kier alpha value is -3.79. The Bertz CT molecular complexity index is 1270. The highest BCUT2D eigenvalue weighted by Gasteiger charge is 2.29. The highest BCUT2D eigenvalue weighted by molar-refractivity contribution is 5.87. The molecule has 10 heteroatoms. The molecule has 2 aliphatic rings. The van der Waals surface area contributed by atoms with Gasteiger partial charge in [0.1, 0.15) is 11.5 Å². The van der Waals surface area contributed by atoms with Gasteiger partial charge in [0, 0.05) is 63.5 Å². The van der Waals surface area contributed by atoms with Crippen LogP contribution in [0.1, 0.15) is 6.42 Å². The summed E-state index contributed by atoms with van der Waals surface area (Å²) < 4.78 is 1.69. The number of carbonyl (C=O) groups excluding carboxylic acids is 1. The molecule has 0 saturated carbocycles. The van der Waals surface area contributed by atoms with Gasteiger partial charge in [-0.1, -0.05) is 6.58 Å². The molecule has 0 unspecified atom stereocenters. The Balaban J connectivity index is 1.28. The molecule has 0 atom stereocenters.